The van der Waals surface area contributed by atoms with Gasteiger partial charge in [-0.3, -0.25) is 4.79 Å². The highest BCUT2D eigenvalue weighted by Gasteiger charge is 2.20. The fourth-order valence-electron chi connectivity index (χ4n) is 2.17. The fourth-order valence-corrected chi connectivity index (χ4v) is 3.35. The zero-order valence-corrected chi connectivity index (χ0v) is 15.1. The number of nitrogens with zero attached hydrogens (tertiary/aromatic N) is 1. The van der Waals surface area contributed by atoms with Crippen LogP contribution in [0.25, 0.3) is 6.08 Å². The van der Waals surface area contributed by atoms with Gasteiger partial charge in [-0.1, -0.05) is 24.3 Å². The van der Waals surface area contributed by atoms with Crippen LogP contribution in [-0.4, -0.2) is 21.0 Å². The van der Waals surface area contributed by atoms with Crippen LogP contribution in [0.3, 0.4) is 0 Å². The maximum Gasteiger partial charge on any atom is 0.308 e. The van der Waals surface area contributed by atoms with Crippen LogP contribution in [0.4, 0.5) is 0 Å². The molecule has 0 atom stereocenters. The Bertz CT molecular complexity index is 973. The van der Waals surface area contributed by atoms with Gasteiger partial charge in [-0.2, -0.15) is 5.26 Å². The van der Waals surface area contributed by atoms with Crippen molar-refractivity contribution in [2.45, 2.75) is 18.7 Å². The van der Waals surface area contributed by atoms with Crippen LogP contribution < -0.4 is 9.47 Å². The summed E-state index contributed by atoms with van der Waals surface area (Å²) in [5.41, 5.74) is 0.431. The van der Waals surface area contributed by atoms with Gasteiger partial charge in [0.2, 0.25) is 9.84 Å². The van der Waals surface area contributed by atoms with Gasteiger partial charge in [0.15, 0.2) is 11.5 Å². The van der Waals surface area contributed by atoms with Crippen molar-refractivity contribution in [2.75, 3.05) is 6.61 Å². The number of esters is 1. The van der Waals surface area contributed by atoms with E-state index in [4.69, 9.17) is 9.47 Å². The number of ether oxygens (including phenoxy) is 2. The molecule has 0 radical (unpaired) electrons. The highest BCUT2D eigenvalue weighted by atomic mass is 32.2. The molecule has 0 aliphatic rings. The number of allylic oxidation sites excluding steroid dienone is 1. The summed E-state index contributed by atoms with van der Waals surface area (Å²) in [5, 5.41) is 9.33. The van der Waals surface area contributed by atoms with Crippen LogP contribution in [-0.2, 0) is 14.6 Å². The molecule has 7 heteroatoms. The first kappa shape index (κ1) is 19.2. The number of hydrogen-bond acceptors (Lipinski definition) is 6. The molecule has 0 aliphatic carbocycles. The average Bonchev–Trinajstić information content (AvgIpc) is 2.62. The molecule has 2 rings (SSSR count). The molecule has 0 spiro atoms. The quantitative estimate of drug-likeness (QED) is 0.439. The average molecular weight is 371 g/mol. The van der Waals surface area contributed by atoms with Crippen molar-refractivity contribution in [3.8, 4) is 17.6 Å². The Balaban J connectivity index is 2.48. The Kier molecular flexibility index (Phi) is 6.15. The van der Waals surface area contributed by atoms with E-state index >= 15 is 0 Å². The number of carbonyl (C=O) groups is 1. The Morgan fingerprint density at radius 3 is 2.42 bits per heavy atom. The second-order valence-electron chi connectivity index (χ2n) is 5.17. The summed E-state index contributed by atoms with van der Waals surface area (Å²) in [4.78, 5) is 10.8. The van der Waals surface area contributed by atoms with E-state index in [2.05, 4.69) is 0 Å². The molecule has 6 nitrogen and oxygen atoms in total. The lowest BCUT2D eigenvalue weighted by Crippen LogP contribution is -2.05. The van der Waals surface area contributed by atoms with Crippen molar-refractivity contribution in [1.29, 1.82) is 5.26 Å². The summed E-state index contributed by atoms with van der Waals surface area (Å²) >= 11 is 0. The van der Waals surface area contributed by atoms with E-state index in [1.165, 1.54) is 37.3 Å². The predicted molar refractivity (Wildman–Crippen MR) is 96.1 cm³/mol. The van der Waals surface area contributed by atoms with Crippen molar-refractivity contribution in [3.05, 3.63) is 59.0 Å². The van der Waals surface area contributed by atoms with E-state index in [0.29, 0.717) is 12.2 Å². The first-order valence-corrected chi connectivity index (χ1v) is 9.24. The third-order valence-electron chi connectivity index (χ3n) is 3.27. The summed E-state index contributed by atoms with van der Waals surface area (Å²) in [6, 6.07) is 14.0. The first-order valence-electron chi connectivity index (χ1n) is 7.75. The molecular weight excluding hydrogens is 354 g/mol. The Morgan fingerprint density at radius 2 is 1.85 bits per heavy atom. The number of benzene rings is 2. The lowest BCUT2D eigenvalue weighted by molar-refractivity contribution is -0.132. The van der Waals surface area contributed by atoms with E-state index in [1.807, 2.05) is 0 Å². The predicted octanol–water partition coefficient (Wildman–Crippen LogP) is 3.35. The van der Waals surface area contributed by atoms with Crippen LogP contribution >= 0.6 is 0 Å². The Hall–Kier alpha value is -3.11. The zero-order valence-electron chi connectivity index (χ0n) is 14.3. The number of carbonyl (C=O) groups excluding carboxylic acids is 1. The number of hydrogen-bond donors (Lipinski definition) is 0. The highest BCUT2D eigenvalue weighted by Crippen LogP contribution is 2.30. The fraction of sp³-hybridized carbons (Fsp3) is 0.158. The van der Waals surface area contributed by atoms with Crippen LogP contribution in [0.1, 0.15) is 19.4 Å². The molecule has 0 bridgehead atoms. The smallest absolute Gasteiger partial charge is 0.308 e. The molecule has 2 aromatic carbocycles. The van der Waals surface area contributed by atoms with Gasteiger partial charge in [-0.15, -0.1) is 0 Å². The molecule has 2 aromatic rings. The molecule has 0 aliphatic heterocycles. The monoisotopic (exact) mass is 371 g/mol. The van der Waals surface area contributed by atoms with Gasteiger partial charge in [0.25, 0.3) is 0 Å². The van der Waals surface area contributed by atoms with E-state index < -0.39 is 20.7 Å². The number of sulfone groups is 1. The minimum Gasteiger partial charge on any atom is -0.490 e. The number of nitriles is 1. The van der Waals surface area contributed by atoms with Crippen molar-refractivity contribution >= 4 is 21.9 Å². The normalized spacial score (nSPS) is 11.5. The van der Waals surface area contributed by atoms with Crippen molar-refractivity contribution in [3.63, 3.8) is 0 Å². The van der Waals surface area contributed by atoms with Gasteiger partial charge >= 0.3 is 5.97 Å². The molecule has 0 saturated heterocycles. The summed E-state index contributed by atoms with van der Waals surface area (Å²) in [6.07, 6.45) is 1.25. The summed E-state index contributed by atoms with van der Waals surface area (Å²) in [6.45, 7) is 3.36. The van der Waals surface area contributed by atoms with Gasteiger partial charge in [0, 0.05) is 6.92 Å². The van der Waals surface area contributed by atoms with E-state index in [-0.39, 0.29) is 16.4 Å². The van der Waals surface area contributed by atoms with Crippen LogP contribution in [0.5, 0.6) is 11.5 Å². The zero-order chi connectivity index (χ0) is 19.2. The van der Waals surface area contributed by atoms with Crippen molar-refractivity contribution < 1.29 is 22.7 Å². The largest absolute Gasteiger partial charge is 0.490 e. The molecule has 0 heterocycles. The number of rotatable bonds is 6. The molecule has 0 amide bonds. The molecule has 0 unspecified atom stereocenters. The lowest BCUT2D eigenvalue weighted by Gasteiger charge is -2.10. The topological polar surface area (TPSA) is 93.5 Å². The van der Waals surface area contributed by atoms with Crippen molar-refractivity contribution in [1.82, 2.24) is 0 Å². The van der Waals surface area contributed by atoms with Crippen LogP contribution in [0.15, 0.2) is 58.3 Å². The van der Waals surface area contributed by atoms with Crippen molar-refractivity contribution in [2.24, 2.45) is 0 Å². The van der Waals surface area contributed by atoms with E-state index in [0.717, 1.165) is 0 Å². The molecular formula is C19H17NO5S. The van der Waals surface area contributed by atoms with Gasteiger partial charge in [-0.25, -0.2) is 8.42 Å². The summed E-state index contributed by atoms with van der Waals surface area (Å²) in [5.74, 6) is 0.00499. The van der Waals surface area contributed by atoms with Gasteiger partial charge < -0.3 is 9.47 Å². The highest BCUT2D eigenvalue weighted by molar-refractivity contribution is 7.95. The van der Waals surface area contributed by atoms with Gasteiger partial charge in [0.1, 0.15) is 11.0 Å². The standard InChI is InChI=1S/C19H17NO5S/c1-3-24-19-12-15(9-10-18(19)25-14(2)21)11-17(13-20)26(22,23)16-7-5-4-6-8-16/h4-12H,3H2,1-2H3/b17-11+. The minimum atomic E-state index is -3.93. The molecule has 26 heavy (non-hydrogen) atoms. The van der Waals surface area contributed by atoms with Crippen LogP contribution in [0, 0.1) is 11.3 Å². The molecule has 0 N–H and O–H groups in total. The maximum atomic E-state index is 12.6. The summed E-state index contributed by atoms with van der Waals surface area (Å²) < 4.78 is 35.7. The van der Waals surface area contributed by atoms with Crippen LogP contribution in [0.2, 0.25) is 0 Å². The second kappa shape index (κ2) is 8.32. The molecule has 134 valence electrons. The molecule has 0 saturated carbocycles. The SMILES string of the molecule is CCOc1cc(/C=C(\C#N)S(=O)(=O)c2ccccc2)ccc1OC(C)=O. The van der Waals surface area contributed by atoms with Gasteiger partial charge in [0.05, 0.1) is 11.5 Å². The second-order valence-corrected chi connectivity index (χ2v) is 7.09. The lowest BCUT2D eigenvalue weighted by atomic mass is 10.2. The maximum absolute atomic E-state index is 12.6. The first-order chi connectivity index (χ1) is 12.4. The van der Waals surface area contributed by atoms with E-state index in [1.54, 1.807) is 37.3 Å². The molecule has 0 aromatic heterocycles. The van der Waals surface area contributed by atoms with E-state index in [9.17, 15) is 18.5 Å². The third-order valence-corrected chi connectivity index (χ3v) is 4.95. The Morgan fingerprint density at radius 1 is 1.15 bits per heavy atom. The summed E-state index contributed by atoms with van der Waals surface area (Å²) in [7, 11) is -3.93. The van der Waals surface area contributed by atoms with Gasteiger partial charge in [-0.05, 0) is 42.8 Å². The third kappa shape index (κ3) is 4.49. The molecule has 0 fully saturated rings. The minimum absolute atomic E-state index is 0.0364. The Labute approximate surface area is 152 Å².